The van der Waals surface area contributed by atoms with Gasteiger partial charge in [0.15, 0.2) is 11.0 Å². The Morgan fingerprint density at radius 3 is 2.78 bits per heavy atom. The minimum atomic E-state index is -0.583. The van der Waals surface area contributed by atoms with Crippen LogP contribution in [-0.4, -0.2) is 46.0 Å². The Morgan fingerprint density at radius 2 is 2.09 bits per heavy atom. The molecule has 0 bridgehead atoms. The molecule has 0 atom stereocenters. The molecule has 0 aliphatic carbocycles. The van der Waals surface area contributed by atoms with Crippen molar-refractivity contribution in [1.82, 2.24) is 20.1 Å². The third kappa shape index (κ3) is 4.22. The molecular weight excluding hydrogens is 318 g/mol. The number of nitrogens with two attached hydrogens (primary N) is 1. The summed E-state index contributed by atoms with van der Waals surface area (Å²) in [7, 11) is 3.40. The van der Waals surface area contributed by atoms with Crippen LogP contribution in [0, 0.1) is 0 Å². The minimum absolute atomic E-state index is 0.116. The molecule has 2 aromatic rings. The lowest BCUT2D eigenvalue weighted by atomic mass is 10.2. The van der Waals surface area contributed by atoms with E-state index in [-0.39, 0.29) is 18.2 Å². The largest absolute Gasteiger partial charge is 0.496 e. The second-order valence-electron chi connectivity index (χ2n) is 4.60. The van der Waals surface area contributed by atoms with Gasteiger partial charge in [0.25, 0.3) is 0 Å². The molecule has 0 saturated heterocycles. The van der Waals surface area contributed by atoms with Crippen LogP contribution in [0.2, 0.25) is 0 Å². The van der Waals surface area contributed by atoms with E-state index >= 15 is 0 Å². The van der Waals surface area contributed by atoms with Crippen molar-refractivity contribution in [3.63, 3.8) is 0 Å². The molecule has 0 spiro atoms. The van der Waals surface area contributed by atoms with Crippen molar-refractivity contribution in [3.8, 4) is 17.1 Å². The summed E-state index contributed by atoms with van der Waals surface area (Å²) in [4.78, 5) is 22.2. The van der Waals surface area contributed by atoms with Crippen LogP contribution in [0.15, 0.2) is 29.4 Å². The number of rotatable bonds is 7. The van der Waals surface area contributed by atoms with Crippen molar-refractivity contribution < 1.29 is 14.3 Å². The maximum Gasteiger partial charge on any atom is 0.236 e. The van der Waals surface area contributed by atoms with Crippen molar-refractivity contribution >= 4 is 23.6 Å². The van der Waals surface area contributed by atoms with Gasteiger partial charge in [0.2, 0.25) is 11.8 Å². The van der Waals surface area contributed by atoms with E-state index in [1.807, 2.05) is 31.3 Å². The lowest BCUT2D eigenvalue weighted by molar-refractivity contribution is -0.123. The molecule has 1 aromatic heterocycles. The zero-order valence-electron chi connectivity index (χ0n) is 12.8. The highest BCUT2D eigenvalue weighted by atomic mass is 32.2. The van der Waals surface area contributed by atoms with E-state index in [1.54, 1.807) is 11.7 Å². The molecule has 1 heterocycles. The Labute approximate surface area is 137 Å². The summed E-state index contributed by atoms with van der Waals surface area (Å²) in [5.74, 6) is 0.572. The van der Waals surface area contributed by atoms with Gasteiger partial charge in [-0.3, -0.25) is 9.59 Å². The SMILES string of the molecule is COc1ccccc1-c1nnc(SCC(=O)NCC(N)=O)n1C. The van der Waals surface area contributed by atoms with E-state index in [1.165, 1.54) is 11.8 Å². The van der Waals surface area contributed by atoms with E-state index in [2.05, 4.69) is 15.5 Å². The first-order valence-electron chi connectivity index (χ1n) is 6.73. The molecule has 0 fully saturated rings. The topological polar surface area (TPSA) is 112 Å². The summed E-state index contributed by atoms with van der Waals surface area (Å²) in [5, 5.41) is 11.2. The predicted molar refractivity (Wildman–Crippen MR) is 85.9 cm³/mol. The molecule has 0 saturated carbocycles. The van der Waals surface area contributed by atoms with Crippen molar-refractivity contribution in [2.24, 2.45) is 12.8 Å². The monoisotopic (exact) mass is 335 g/mol. The fraction of sp³-hybridized carbons (Fsp3) is 0.286. The Balaban J connectivity index is 2.08. The van der Waals surface area contributed by atoms with Crippen molar-refractivity contribution in [2.45, 2.75) is 5.16 Å². The maximum absolute atomic E-state index is 11.6. The normalized spacial score (nSPS) is 10.3. The van der Waals surface area contributed by atoms with Gasteiger partial charge in [0, 0.05) is 7.05 Å². The van der Waals surface area contributed by atoms with E-state index in [0.29, 0.717) is 16.7 Å². The molecule has 0 aliphatic heterocycles. The molecule has 0 radical (unpaired) electrons. The lowest BCUT2D eigenvalue weighted by Crippen LogP contribution is -2.34. The second-order valence-corrected chi connectivity index (χ2v) is 5.54. The van der Waals surface area contributed by atoms with Gasteiger partial charge in [-0.15, -0.1) is 10.2 Å². The van der Waals surface area contributed by atoms with Crippen LogP contribution >= 0.6 is 11.8 Å². The highest BCUT2D eigenvalue weighted by Crippen LogP contribution is 2.29. The highest BCUT2D eigenvalue weighted by Gasteiger charge is 2.15. The van der Waals surface area contributed by atoms with Crippen LogP contribution in [0.5, 0.6) is 5.75 Å². The van der Waals surface area contributed by atoms with Crippen LogP contribution in [0.3, 0.4) is 0 Å². The maximum atomic E-state index is 11.6. The smallest absolute Gasteiger partial charge is 0.236 e. The molecule has 1 aromatic carbocycles. The van der Waals surface area contributed by atoms with Gasteiger partial charge < -0.3 is 20.4 Å². The Bertz CT molecular complexity index is 716. The number of hydrogen-bond acceptors (Lipinski definition) is 6. The number of thioether (sulfide) groups is 1. The molecule has 2 rings (SSSR count). The van der Waals surface area contributed by atoms with Crippen LogP contribution < -0.4 is 15.8 Å². The van der Waals surface area contributed by atoms with E-state index < -0.39 is 5.91 Å². The zero-order chi connectivity index (χ0) is 16.8. The van der Waals surface area contributed by atoms with Gasteiger partial charge in [-0.25, -0.2) is 0 Å². The Morgan fingerprint density at radius 1 is 1.35 bits per heavy atom. The van der Waals surface area contributed by atoms with Gasteiger partial charge in [-0.05, 0) is 12.1 Å². The third-order valence-corrected chi connectivity index (χ3v) is 4.00. The molecule has 3 N–H and O–H groups in total. The van der Waals surface area contributed by atoms with Crippen molar-refractivity contribution in [1.29, 1.82) is 0 Å². The van der Waals surface area contributed by atoms with E-state index in [9.17, 15) is 9.59 Å². The summed E-state index contributed by atoms with van der Waals surface area (Å²) >= 11 is 1.22. The molecule has 122 valence electrons. The van der Waals surface area contributed by atoms with E-state index in [0.717, 1.165) is 5.56 Å². The van der Waals surface area contributed by atoms with Crippen LogP contribution in [0.1, 0.15) is 0 Å². The number of benzene rings is 1. The van der Waals surface area contributed by atoms with Gasteiger partial charge in [0.05, 0.1) is 25.0 Å². The van der Waals surface area contributed by atoms with Crippen LogP contribution in [0.4, 0.5) is 0 Å². The van der Waals surface area contributed by atoms with Gasteiger partial charge >= 0.3 is 0 Å². The first kappa shape index (κ1) is 16.8. The molecule has 2 amide bonds. The summed E-state index contributed by atoms with van der Waals surface area (Å²) in [6, 6.07) is 7.49. The Kier molecular flexibility index (Phi) is 5.58. The average molecular weight is 335 g/mol. The molecule has 0 unspecified atom stereocenters. The van der Waals surface area contributed by atoms with Crippen LogP contribution in [-0.2, 0) is 16.6 Å². The fourth-order valence-electron chi connectivity index (χ4n) is 1.87. The number of nitrogens with one attached hydrogen (secondary N) is 1. The quantitative estimate of drug-likeness (QED) is 0.698. The number of aromatic nitrogens is 3. The number of ether oxygens (including phenoxy) is 1. The lowest BCUT2D eigenvalue weighted by Gasteiger charge is -2.08. The summed E-state index contributed by atoms with van der Waals surface area (Å²) < 4.78 is 7.10. The van der Waals surface area contributed by atoms with E-state index in [4.69, 9.17) is 10.5 Å². The van der Waals surface area contributed by atoms with Gasteiger partial charge in [0.1, 0.15) is 5.75 Å². The molecule has 9 heteroatoms. The third-order valence-electron chi connectivity index (χ3n) is 2.97. The first-order chi connectivity index (χ1) is 11.0. The predicted octanol–water partition coefficient (Wildman–Crippen LogP) is 0.184. The number of carbonyl (C=O) groups excluding carboxylic acids is 2. The number of para-hydroxylation sites is 1. The molecule has 0 aliphatic rings. The number of nitrogens with zero attached hydrogens (tertiary/aromatic N) is 3. The fourth-order valence-corrected chi connectivity index (χ4v) is 2.61. The highest BCUT2D eigenvalue weighted by molar-refractivity contribution is 7.99. The molecular formula is C14H17N5O3S. The summed E-state index contributed by atoms with van der Waals surface area (Å²) in [6.45, 7) is -0.176. The Hall–Kier alpha value is -2.55. The number of hydrogen-bond donors (Lipinski definition) is 2. The summed E-state index contributed by atoms with van der Waals surface area (Å²) in [6.07, 6.45) is 0. The standard InChI is InChI=1S/C14H17N5O3S/c1-19-13(9-5-3-4-6-10(9)22-2)17-18-14(19)23-8-12(21)16-7-11(15)20/h3-6H,7-8H2,1-2H3,(H2,15,20)(H,16,21). The summed E-state index contributed by atoms with van der Waals surface area (Å²) in [5.41, 5.74) is 5.78. The molecule has 23 heavy (non-hydrogen) atoms. The minimum Gasteiger partial charge on any atom is -0.496 e. The zero-order valence-corrected chi connectivity index (χ0v) is 13.6. The molecule has 8 nitrogen and oxygen atoms in total. The second kappa shape index (κ2) is 7.63. The van der Waals surface area contributed by atoms with Crippen LogP contribution in [0.25, 0.3) is 11.4 Å². The van der Waals surface area contributed by atoms with Crippen molar-refractivity contribution in [3.05, 3.63) is 24.3 Å². The van der Waals surface area contributed by atoms with Gasteiger partial charge in [-0.1, -0.05) is 23.9 Å². The number of carbonyl (C=O) groups is 2. The number of primary amides is 1. The first-order valence-corrected chi connectivity index (χ1v) is 7.72. The van der Waals surface area contributed by atoms with Crippen molar-refractivity contribution in [2.75, 3.05) is 19.4 Å². The number of amides is 2. The van der Waals surface area contributed by atoms with Gasteiger partial charge in [-0.2, -0.15) is 0 Å². The number of methoxy groups -OCH3 is 1. The average Bonchev–Trinajstić information content (AvgIpc) is 2.91.